The van der Waals surface area contributed by atoms with Crippen molar-refractivity contribution < 1.29 is 14.3 Å². The van der Waals surface area contributed by atoms with Gasteiger partial charge < -0.3 is 20.1 Å². The van der Waals surface area contributed by atoms with Gasteiger partial charge in [0.25, 0.3) is 5.91 Å². The van der Waals surface area contributed by atoms with Crippen LogP contribution in [-0.4, -0.2) is 41.5 Å². The van der Waals surface area contributed by atoms with E-state index in [2.05, 4.69) is 4.98 Å². The lowest BCUT2D eigenvalue weighted by Crippen LogP contribution is -2.42. The standard InChI is InChI=1S/C22H29N3O3.2ClH/c1-3-27-21-13-19(22(26)25-11-8-18(9-12-25)16(2)23)6-7-20(21)28-15-17-5-4-10-24-14-17;;/h4-7,10,13-14,16,18H,3,8-9,11-12,15,23H2,1-2H3;2*1H. The van der Waals surface area contributed by atoms with E-state index in [1.165, 1.54) is 0 Å². The molecule has 2 aromatic rings. The van der Waals surface area contributed by atoms with Crippen LogP contribution < -0.4 is 15.2 Å². The number of hydrogen-bond donors (Lipinski definition) is 1. The average Bonchev–Trinajstić information content (AvgIpc) is 2.73. The number of nitrogens with zero attached hydrogens (tertiary/aromatic N) is 2. The summed E-state index contributed by atoms with van der Waals surface area (Å²) in [4.78, 5) is 18.9. The van der Waals surface area contributed by atoms with Crippen LogP contribution in [0.3, 0.4) is 0 Å². The van der Waals surface area contributed by atoms with Gasteiger partial charge in [0.05, 0.1) is 6.61 Å². The molecule has 1 aromatic carbocycles. The smallest absolute Gasteiger partial charge is 0.253 e. The Labute approximate surface area is 191 Å². The number of piperidine rings is 1. The quantitative estimate of drug-likeness (QED) is 0.679. The Kier molecular flexibility index (Phi) is 10.9. The number of carbonyl (C=O) groups is 1. The summed E-state index contributed by atoms with van der Waals surface area (Å²) in [5.41, 5.74) is 7.60. The summed E-state index contributed by atoms with van der Waals surface area (Å²) in [7, 11) is 0. The molecule has 0 aliphatic carbocycles. The number of hydrogen-bond acceptors (Lipinski definition) is 5. The van der Waals surface area contributed by atoms with Gasteiger partial charge in [-0.1, -0.05) is 6.07 Å². The number of benzene rings is 1. The van der Waals surface area contributed by atoms with E-state index in [1.54, 1.807) is 24.5 Å². The summed E-state index contributed by atoms with van der Waals surface area (Å²) in [6.07, 6.45) is 5.40. The number of likely N-dealkylation sites (tertiary alicyclic amines) is 1. The van der Waals surface area contributed by atoms with E-state index in [0.717, 1.165) is 31.5 Å². The Morgan fingerprint density at radius 1 is 1.20 bits per heavy atom. The third kappa shape index (κ3) is 6.76. The number of rotatable bonds is 7. The van der Waals surface area contributed by atoms with Crippen LogP contribution in [-0.2, 0) is 6.61 Å². The molecule has 166 valence electrons. The van der Waals surface area contributed by atoms with Gasteiger partial charge in [-0.05, 0) is 56.9 Å². The molecule has 1 aliphatic rings. The topological polar surface area (TPSA) is 77.7 Å². The van der Waals surface area contributed by atoms with Crippen molar-refractivity contribution in [1.82, 2.24) is 9.88 Å². The molecule has 1 fully saturated rings. The monoisotopic (exact) mass is 455 g/mol. The van der Waals surface area contributed by atoms with Crippen LogP contribution in [0.2, 0.25) is 0 Å². The normalized spacial score (nSPS) is 14.8. The lowest BCUT2D eigenvalue weighted by molar-refractivity contribution is 0.0680. The highest BCUT2D eigenvalue weighted by Crippen LogP contribution is 2.30. The van der Waals surface area contributed by atoms with Gasteiger partial charge in [-0.15, -0.1) is 24.8 Å². The Balaban J connectivity index is 0.00000225. The number of amides is 1. The molecule has 0 saturated carbocycles. The summed E-state index contributed by atoms with van der Waals surface area (Å²) in [5.74, 6) is 1.73. The third-order valence-electron chi connectivity index (χ3n) is 5.18. The van der Waals surface area contributed by atoms with Crippen LogP contribution in [0, 0.1) is 5.92 Å². The van der Waals surface area contributed by atoms with E-state index < -0.39 is 0 Å². The van der Waals surface area contributed by atoms with Crippen molar-refractivity contribution in [3.05, 3.63) is 53.9 Å². The molecule has 0 radical (unpaired) electrons. The Hall–Kier alpha value is -2.02. The Morgan fingerprint density at radius 3 is 2.53 bits per heavy atom. The highest BCUT2D eigenvalue weighted by Gasteiger charge is 2.26. The number of carbonyl (C=O) groups excluding carboxylic acids is 1. The van der Waals surface area contributed by atoms with Crippen molar-refractivity contribution in [2.75, 3.05) is 19.7 Å². The summed E-state index contributed by atoms with van der Waals surface area (Å²) in [5, 5.41) is 0. The maximum atomic E-state index is 12.9. The van der Waals surface area contributed by atoms with Crippen LogP contribution >= 0.6 is 24.8 Å². The predicted octanol–water partition coefficient (Wildman–Crippen LogP) is 4.10. The molecular weight excluding hydrogens is 425 g/mol. The van der Waals surface area contributed by atoms with Crippen LogP contribution in [0.15, 0.2) is 42.7 Å². The summed E-state index contributed by atoms with van der Waals surface area (Å²) < 4.78 is 11.6. The highest BCUT2D eigenvalue weighted by molar-refractivity contribution is 5.95. The minimum absolute atomic E-state index is 0. The molecule has 3 rings (SSSR count). The first-order valence-electron chi connectivity index (χ1n) is 9.92. The first kappa shape index (κ1) is 26.0. The molecule has 0 bridgehead atoms. The Bertz CT molecular complexity index is 782. The number of nitrogens with two attached hydrogens (primary N) is 1. The second kappa shape index (κ2) is 12.6. The van der Waals surface area contributed by atoms with Gasteiger partial charge in [-0.2, -0.15) is 0 Å². The molecule has 0 spiro atoms. The SMILES string of the molecule is CCOc1cc(C(=O)N2CCC(C(C)N)CC2)ccc1OCc1cccnc1.Cl.Cl. The van der Waals surface area contributed by atoms with Crippen molar-refractivity contribution in [1.29, 1.82) is 0 Å². The number of aromatic nitrogens is 1. The second-order valence-electron chi connectivity index (χ2n) is 7.23. The summed E-state index contributed by atoms with van der Waals surface area (Å²) >= 11 is 0. The molecule has 2 N–H and O–H groups in total. The van der Waals surface area contributed by atoms with Gasteiger partial charge in [0.2, 0.25) is 0 Å². The minimum atomic E-state index is 0. The number of pyridine rings is 1. The van der Waals surface area contributed by atoms with Crippen LogP contribution in [0.4, 0.5) is 0 Å². The van der Waals surface area contributed by atoms with Crippen molar-refractivity contribution in [3.8, 4) is 11.5 Å². The molecule has 1 aromatic heterocycles. The fourth-order valence-corrected chi connectivity index (χ4v) is 3.48. The second-order valence-corrected chi connectivity index (χ2v) is 7.23. The van der Waals surface area contributed by atoms with Gasteiger partial charge in [0.1, 0.15) is 6.61 Å². The largest absolute Gasteiger partial charge is 0.490 e. The molecule has 30 heavy (non-hydrogen) atoms. The van der Waals surface area contributed by atoms with E-state index in [4.69, 9.17) is 15.2 Å². The zero-order valence-corrected chi connectivity index (χ0v) is 19.1. The van der Waals surface area contributed by atoms with Crippen LogP contribution in [0.1, 0.15) is 42.6 Å². The van der Waals surface area contributed by atoms with Crippen molar-refractivity contribution >= 4 is 30.7 Å². The summed E-state index contributed by atoms with van der Waals surface area (Å²) in [6.45, 7) is 6.34. The third-order valence-corrected chi connectivity index (χ3v) is 5.18. The van der Waals surface area contributed by atoms with E-state index in [1.807, 2.05) is 36.9 Å². The van der Waals surface area contributed by atoms with Gasteiger partial charge in [-0.3, -0.25) is 9.78 Å². The van der Waals surface area contributed by atoms with E-state index in [0.29, 0.717) is 36.2 Å². The lowest BCUT2D eigenvalue weighted by atomic mass is 9.90. The van der Waals surface area contributed by atoms with Gasteiger partial charge in [0.15, 0.2) is 11.5 Å². The van der Waals surface area contributed by atoms with Gasteiger partial charge in [0, 0.05) is 42.7 Å². The van der Waals surface area contributed by atoms with E-state index >= 15 is 0 Å². The Morgan fingerprint density at radius 2 is 1.93 bits per heavy atom. The molecule has 6 nitrogen and oxygen atoms in total. The van der Waals surface area contributed by atoms with Crippen LogP contribution in [0.25, 0.3) is 0 Å². The van der Waals surface area contributed by atoms with E-state index in [9.17, 15) is 4.79 Å². The highest BCUT2D eigenvalue weighted by atomic mass is 35.5. The fourth-order valence-electron chi connectivity index (χ4n) is 3.48. The maximum Gasteiger partial charge on any atom is 0.253 e. The van der Waals surface area contributed by atoms with Gasteiger partial charge >= 0.3 is 0 Å². The molecule has 2 heterocycles. The zero-order chi connectivity index (χ0) is 19.9. The fraction of sp³-hybridized carbons (Fsp3) is 0.455. The molecule has 1 aliphatic heterocycles. The molecular formula is C22H31Cl2N3O3. The van der Waals surface area contributed by atoms with Crippen molar-refractivity contribution in [2.24, 2.45) is 11.7 Å². The minimum Gasteiger partial charge on any atom is -0.490 e. The first-order valence-corrected chi connectivity index (χ1v) is 9.92. The van der Waals surface area contributed by atoms with E-state index in [-0.39, 0.29) is 36.8 Å². The number of ether oxygens (including phenoxy) is 2. The first-order chi connectivity index (χ1) is 13.6. The molecule has 1 unspecified atom stereocenters. The zero-order valence-electron chi connectivity index (χ0n) is 17.5. The predicted molar refractivity (Wildman–Crippen MR) is 123 cm³/mol. The molecule has 1 amide bonds. The molecule has 1 atom stereocenters. The molecule has 1 saturated heterocycles. The number of halogens is 2. The summed E-state index contributed by atoms with van der Waals surface area (Å²) in [6, 6.07) is 9.40. The lowest BCUT2D eigenvalue weighted by Gasteiger charge is -2.33. The average molecular weight is 456 g/mol. The molecule has 8 heteroatoms. The van der Waals surface area contributed by atoms with Crippen LogP contribution in [0.5, 0.6) is 11.5 Å². The maximum absolute atomic E-state index is 12.9. The van der Waals surface area contributed by atoms with Crippen molar-refractivity contribution in [3.63, 3.8) is 0 Å². The van der Waals surface area contributed by atoms with Crippen molar-refractivity contribution in [2.45, 2.75) is 39.3 Å². The van der Waals surface area contributed by atoms with Gasteiger partial charge in [-0.25, -0.2) is 0 Å².